The van der Waals surface area contributed by atoms with Gasteiger partial charge in [-0.15, -0.1) is 0 Å². The van der Waals surface area contributed by atoms with Crippen LogP contribution in [0.1, 0.15) is 62.5 Å². The minimum atomic E-state index is -0.297. The lowest BCUT2D eigenvalue weighted by Gasteiger charge is -2.30. The highest BCUT2D eigenvalue weighted by Gasteiger charge is 2.36. The van der Waals surface area contributed by atoms with E-state index in [9.17, 15) is 14.9 Å². The molecule has 0 bridgehead atoms. The number of nitro benzene ring substituents is 1. The van der Waals surface area contributed by atoms with E-state index in [-0.39, 0.29) is 41.1 Å². The molecule has 2 unspecified atom stereocenters. The highest BCUT2D eigenvalue weighted by Crippen LogP contribution is 2.48. The Kier molecular flexibility index (Phi) is 6.31. The Morgan fingerprint density at radius 1 is 1.37 bits per heavy atom. The zero-order valence-corrected chi connectivity index (χ0v) is 16.0. The fourth-order valence-corrected chi connectivity index (χ4v) is 3.86. The van der Waals surface area contributed by atoms with E-state index in [1.54, 1.807) is 6.07 Å². The first-order valence-corrected chi connectivity index (χ1v) is 9.78. The van der Waals surface area contributed by atoms with E-state index >= 15 is 0 Å². The van der Waals surface area contributed by atoms with Crippen LogP contribution in [-0.4, -0.2) is 36.8 Å². The van der Waals surface area contributed by atoms with Crippen molar-refractivity contribution < 1.29 is 19.2 Å². The number of ether oxygens (including phenoxy) is 2. The van der Waals surface area contributed by atoms with Gasteiger partial charge in [-0.3, -0.25) is 14.9 Å². The summed E-state index contributed by atoms with van der Waals surface area (Å²) < 4.78 is 10.4. The molecule has 1 aliphatic carbocycles. The summed E-state index contributed by atoms with van der Waals surface area (Å²) in [4.78, 5) is 23.2. The Balaban J connectivity index is 1.86. The van der Waals surface area contributed by atoms with Crippen molar-refractivity contribution >= 4 is 17.3 Å². The molecule has 2 aliphatic rings. The number of anilines is 1. The number of hydrogen-bond acceptors (Lipinski definition) is 6. The van der Waals surface area contributed by atoms with Crippen LogP contribution in [-0.2, 0) is 20.7 Å². The zero-order valence-electron chi connectivity index (χ0n) is 16.0. The summed E-state index contributed by atoms with van der Waals surface area (Å²) in [5.74, 6) is -0.0766. The van der Waals surface area contributed by atoms with E-state index in [0.717, 1.165) is 43.2 Å². The Bertz CT molecular complexity index is 702. The normalized spacial score (nSPS) is 22.3. The number of rotatable bonds is 8. The highest BCUT2D eigenvalue weighted by molar-refractivity contribution is 5.72. The number of carbonyl (C=O) groups excluding carboxylic acids is 1. The summed E-state index contributed by atoms with van der Waals surface area (Å²) >= 11 is 0. The third kappa shape index (κ3) is 4.77. The third-order valence-corrected chi connectivity index (χ3v) is 5.48. The minimum Gasteiger partial charge on any atom is -0.469 e. The average molecular weight is 376 g/mol. The second-order valence-corrected chi connectivity index (χ2v) is 7.41. The van der Waals surface area contributed by atoms with Gasteiger partial charge in [0, 0.05) is 24.6 Å². The standard InChI is InChI=1S/C20H28N2O5/c1-3-16-12-15(10-11-27-16)21-17-8-6-14(7-9-18(23)26-2)19(13-4-5-13)20(17)22(24)25/h6,8,13,15-16,21H,3-5,7,9-12H2,1-2H3. The van der Waals surface area contributed by atoms with Crippen LogP contribution in [0.15, 0.2) is 12.1 Å². The van der Waals surface area contributed by atoms with Crippen molar-refractivity contribution in [1.29, 1.82) is 0 Å². The second-order valence-electron chi connectivity index (χ2n) is 7.41. The maximum atomic E-state index is 11.9. The minimum absolute atomic E-state index is 0.176. The van der Waals surface area contributed by atoms with E-state index in [0.29, 0.717) is 18.7 Å². The molecule has 0 radical (unpaired) electrons. The molecule has 1 aromatic rings. The molecule has 27 heavy (non-hydrogen) atoms. The summed E-state index contributed by atoms with van der Waals surface area (Å²) in [5.41, 5.74) is 2.46. The van der Waals surface area contributed by atoms with Gasteiger partial charge in [0.05, 0.1) is 18.1 Å². The van der Waals surface area contributed by atoms with Crippen molar-refractivity contribution in [3.63, 3.8) is 0 Å². The summed E-state index contributed by atoms with van der Waals surface area (Å²) in [5, 5.41) is 15.3. The summed E-state index contributed by atoms with van der Waals surface area (Å²) in [6.07, 6.45) is 5.48. The van der Waals surface area contributed by atoms with Crippen LogP contribution in [0.25, 0.3) is 0 Å². The van der Waals surface area contributed by atoms with Gasteiger partial charge in [0.1, 0.15) is 5.69 Å². The van der Waals surface area contributed by atoms with E-state index in [4.69, 9.17) is 9.47 Å². The lowest BCUT2D eigenvalue weighted by molar-refractivity contribution is -0.384. The van der Waals surface area contributed by atoms with Gasteiger partial charge in [0.2, 0.25) is 0 Å². The van der Waals surface area contributed by atoms with Gasteiger partial charge in [-0.05, 0) is 56.1 Å². The largest absolute Gasteiger partial charge is 0.469 e. The van der Waals surface area contributed by atoms with Crippen molar-refractivity contribution in [3.8, 4) is 0 Å². The van der Waals surface area contributed by atoms with Crippen LogP contribution < -0.4 is 5.32 Å². The zero-order chi connectivity index (χ0) is 19.4. The molecule has 7 nitrogen and oxygen atoms in total. The quantitative estimate of drug-likeness (QED) is 0.420. The monoisotopic (exact) mass is 376 g/mol. The number of nitro groups is 1. The first-order chi connectivity index (χ1) is 13.0. The van der Waals surface area contributed by atoms with E-state index in [1.165, 1.54) is 7.11 Å². The van der Waals surface area contributed by atoms with Gasteiger partial charge >= 0.3 is 5.97 Å². The molecule has 7 heteroatoms. The number of hydrogen-bond donors (Lipinski definition) is 1. The summed E-state index contributed by atoms with van der Waals surface area (Å²) in [6, 6.07) is 3.91. The van der Waals surface area contributed by atoms with E-state index < -0.39 is 0 Å². The van der Waals surface area contributed by atoms with Gasteiger partial charge in [0.25, 0.3) is 5.69 Å². The van der Waals surface area contributed by atoms with Crippen molar-refractivity contribution in [2.75, 3.05) is 19.0 Å². The molecule has 0 amide bonds. The fraction of sp³-hybridized carbons (Fsp3) is 0.650. The van der Waals surface area contributed by atoms with Crippen LogP contribution in [0.4, 0.5) is 11.4 Å². The predicted octanol–water partition coefficient (Wildman–Crippen LogP) is 3.95. The molecule has 1 N–H and O–H groups in total. The number of nitrogens with one attached hydrogen (secondary N) is 1. The van der Waals surface area contributed by atoms with Gasteiger partial charge < -0.3 is 14.8 Å². The van der Waals surface area contributed by atoms with Crippen LogP contribution in [0.3, 0.4) is 0 Å². The van der Waals surface area contributed by atoms with Crippen molar-refractivity contribution in [2.45, 2.75) is 69.9 Å². The smallest absolute Gasteiger partial charge is 0.305 e. The summed E-state index contributed by atoms with van der Waals surface area (Å²) in [6.45, 7) is 2.77. The van der Waals surface area contributed by atoms with Gasteiger partial charge in [-0.2, -0.15) is 0 Å². The molecule has 1 heterocycles. The number of nitrogens with zero attached hydrogens (tertiary/aromatic N) is 1. The Morgan fingerprint density at radius 3 is 2.78 bits per heavy atom. The molecule has 1 aliphatic heterocycles. The number of esters is 1. The lowest BCUT2D eigenvalue weighted by atomic mass is 9.95. The molecule has 0 aromatic heterocycles. The van der Waals surface area contributed by atoms with Crippen LogP contribution in [0.2, 0.25) is 0 Å². The van der Waals surface area contributed by atoms with E-state index in [1.807, 2.05) is 6.07 Å². The third-order valence-electron chi connectivity index (χ3n) is 5.48. The molecule has 0 spiro atoms. The number of benzene rings is 1. The van der Waals surface area contributed by atoms with E-state index in [2.05, 4.69) is 12.2 Å². The van der Waals surface area contributed by atoms with Crippen molar-refractivity contribution in [1.82, 2.24) is 0 Å². The van der Waals surface area contributed by atoms with Crippen molar-refractivity contribution in [3.05, 3.63) is 33.4 Å². The maximum Gasteiger partial charge on any atom is 0.305 e. The molecule has 148 valence electrons. The molecular weight excluding hydrogens is 348 g/mol. The van der Waals surface area contributed by atoms with Crippen LogP contribution in [0.5, 0.6) is 0 Å². The molecule has 2 atom stereocenters. The number of aryl methyl sites for hydroxylation is 1. The Hall–Kier alpha value is -2.15. The van der Waals surface area contributed by atoms with Gasteiger partial charge in [-0.25, -0.2) is 0 Å². The topological polar surface area (TPSA) is 90.7 Å². The SMILES string of the molecule is CCC1CC(Nc2ccc(CCC(=O)OC)c(C3CC3)c2[N+](=O)[O-])CCO1. The lowest BCUT2D eigenvalue weighted by Crippen LogP contribution is -2.34. The second kappa shape index (κ2) is 8.69. The molecule has 1 saturated carbocycles. The molecule has 2 fully saturated rings. The first-order valence-electron chi connectivity index (χ1n) is 9.78. The Labute approximate surface area is 159 Å². The predicted molar refractivity (Wildman–Crippen MR) is 102 cm³/mol. The van der Waals surface area contributed by atoms with Gasteiger partial charge in [-0.1, -0.05) is 13.0 Å². The van der Waals surface area contributed by atoms with Crippen molar-refractivity contribution in [2.24, 2.45) is 0 Å². The molecular formula is C20H28N2O5. The number of carbonyl (C=O) groups is 1. The van der Waals surface area contributed by atoms with Crippen LogP contribution in [0, 0.1) is 10.1 Å². The summed E-state index contributed by atoms with van der Waals surface area (Å²) in [7, 11) is 1.36. The molecule has 3 rings (SSSR count). The van der Waals surface area contributed by atoms with Crippen LogP contribution >= 0.6 is 0 Å². The first kappa shape index (κ1) is 19.6. The molecule has 1 aromatic carbocycles. The number of methoxy groups -OCH3 is 1. The maximum absolute atomic E-state index is 11.9. The fourth-order valence-electron chi connectivity index (χ4n) is 3.86. The average Bonchev–Trinajstić information content (AvgIpc) is 3.51. The highest BCUT2D eigenvalue weighted by atomic mass is 16.6. The van der Waals surface area contributed by atoms with Gasteiger partial charge in [0.15, 0.2) is 0 Å². The molecule has 1 saturated heterocycles. The Morgan fingerprint density at radius 2 is 2.15 bits per heavy atom.